The predicted molar refractivity (Wildman–Crippen MR) is 66.1 cm³/mol. The Hall–Kier alpha value is -1.32. The molecule has 84 valence electrons. The van der Waals surface area contributed by atoms with Crippen molar-refractivity contribution in [3.63, 3.8) is 0 Å². The predicted octanol–water partition coefficient (Wildman–Crippen LogP) is 1.97. The van der Waals surface area contributed by atoms with E-state index in [9.17, 15) is 0 Å². The average molecular weight is 215 g/mol. The second-order valence-electron chi connectivity index (χ2n) is 4.92. The number of para-hydroxylation sites is 1. The van der Waals surface area contributed by atoms with Crippen molar-refractivity contribution in [1.29, 1.82) is 0 Å². The summed E-state index contributed by atoms with van der Waals surface area (Å²) in [6, 6.07) is 8.21. The van der Waals surface area contributed by atoms with E-state index in [4.69, 9.17) is 11.5 Å². The normalized spacial score (nSPS) is 19.9. The van der Waals surface area contributed by atoms with Crippen LogP contribution in [-0.4, -0.2) is 10.5 Å². The lowest BCUT2D eigenvalue weighted by molar-refractivity contribution is 0.537. The number of nitrogens with two attached hydrogens (primary N) is 2. The van der Waals surface area contributed by atoms with Crippen molar-refractivity contribution in [3.05, 3.63) is 35.5 Å². The minimum absolute atomic E-state index is 0.0522. The smallest absolute Gasteiger partial charge is 0.0501 e. The fourth-order valence-electron chi connectivity index (χ4n) is 2.44. The Kier molecular flexibility index (Phi) is 1.91. The highest BCUT2D eigenvalue weighted by atomic mass is 14.9. The summed E-state index contributed by atoms with van der Waals surface area (Å²) in [7, 11) is 0. The molecule has 1 saturated carbocycles. The Morgan fingerprint density at radius 3 is 2.69 bits per heavy atom. The molecule has 0 amide bonds. The fourth-order valence-corrected chi connectivity index (χ4v) is 2.44. The first-order chi connectivity index (χ1) is 7.62. The van der Waals surface area contributed by atoms with E-state index >= 15 is 0 Å². The molecule has 3 nitrogen and oxygen atoms in total. The number of hydrogen-bond acceptors (Lipinski definition) is 2. The first kappa shape index (κ1) is 9.87. The molecule has 1 aliphatic carbocycles. The van der Waals surface area contributed by atoms with Crippen LogP contribution in [0.25, 0.3) is 10.9 Å². The average Bonchev–Trinajstić information content (AvgIpc) is 2.92. The van der Waals surface area contributed by atoms with Crippen molar-refractivity contribution < 1.29 is 0 Å². The van der Waals surface area contributed by atoms with Crippen molar-refractivity contribution in [3.8, 4) is 0 Å². The number of hydrogen-bond donors (Lipinski definition) is 3. The molecule has 5 N–H and O–H groups in total. The number of aromatic amines is 1. The van der Waals surface area contributed by atoms with Crippen LogP contribution >= 0.6 is 0 Å². The second kappa shape index (κ2) is 3.09. The zero-order chi connectivity index (χ0) is 11.3. The van der Waals surface area contributed by atoms with Gasteiger partial charge in [-0.15, -0.1) is 0 Å². The fraction of sp³-hybridized carbons (Fsp3) is 0.385. The molecule has 0 saturated heterocycles. The molecule has 0 aliphatic heterocycles. The molecule has 1 heterocycles. The van der Waals surface area contributed by atoms with Gasteiger partial charge in [0.05, 0.1) is 6.04 Å². The van der Waals surface area contributed by atoms with Gasteiger partial charge in [-0.2, -0.15) is 0 Å². The molecule has 2 aromatic rings. The number of aromatic nitrogens is 1. The van der Waals surface area contributed by atoms with Crippen molar-refractivity contribution in [2.45, 2.75) is 31.3 Å². The van der Waals surface area contributed by atoms with Crippen LogP contribution in [0.5, 0.6) is 0 Å². The van der Waals surface area contributed by atoms with E-state index in [1.54, 1.807) is 0 Å². The lowest BCUT2D eigenvalue weighted by atomic mass is 9.96. The number of nitrogens with one attached hydrogen (secondary N) is 1. The molecule has 16 heavy (non-hydrogen) atoms. The zero-order valence-corrected chi connectivity index (χ0v) is 9.46. The van der Waals surface area contributed by atoms with Gasteiger partial charge in [0.25, 0.3) is 0 Å². The highest BCUT2D eigenvalue weighted by molar-refractivity contribution is 5.85. The first-order valence-electron chi connectivity index (χ1n) is 5.73. The van der Waals surface area contributed by atoms with E-state index in [-0.39, 0.29) is 11.6 Å². The van der Waals surface area contributed by atoms with Gasteiger partial charge in [0.15, 0.2) is 0 Å². The molecular weight excluding hydrogens is 198 g/mol. The summed E-state index contributed by atoms with van der Waals surface area (Å²) in [5.74, 6) is 0. The highest BCUT2D eigenvalue weighted by Crippen LogP contribution is 2.44. The molecule has 1 unspecified atom stereocenters. The molecule has 3 rings (SSSR count). The number of rotatable bonds is 2. The Labute approximate surface area is 94.8 Å². The van der Waals surface area contributed by atoms with Crippen molar-refractivity contribution in [2.75, 3.05) is 0 Å². The summed E-state index contributed by atoms with van der Waals surface area (Å²) in [5, 5.41) is 1.21. The van der Waals surface area contributed by atoms with Gasteiger partial charge in [0.2, 0.25) is 0 Å². The van der Waals surface area contributed by atoms with Crippen LogP contribution in [0.4, 0.5) is 0 Å². The van der Waals surface area contributed by atoms with Gasteiger partial charge in [0, 0.05) is 22.1 Å². The summed E-state index contributed by atoms with van der Waals surface area (Å²) in [5.41, 5.74) is 15.8. The van der Waals surface area contributed by atoms with E-state index in [0.717, 1.165) is 24.1 Å². The van der Waals surface area contributed by atoms with E-state index < -0.39 is 0 Å². The van der Waals surface area contributed by atoms with Gasteiger partial charge >= 0.3 is 0 Å². The molecule has 1 aliphatic rings. The number of H-pyrrole nitrogens is 1. The Morgan fingerprint density at radius 1 is 1.31 bits per heavy atom. The zero-order valence-electron chi connectivity index (χ0n) is 9.46. The third kappa shape index (κ3) is 1.29. The molecule has 0 spiro atoms. The third-order valence-electron chi connectivity index (χ3n) is 3.70. The molecule has 1 fully saturated rings. The molecule has 0 radical (unpaired) electrons. The van der Waals surface area contributed by atoms with Crippen LogP contribution in [-0.2, 0) is 0 Å². The van der Waals surface area contributed by atoms with Crippen LogP contribution in [0.2, 0.25) is 0 Å². The molecule has 1 atom stereocenters. The van der Waals surface area contributed by atoms with Crippen LogP contribution in [0.1, 0.15) is 30.1 Å². The van der Waals surface area contributed by atoms with Crippen LogP contribution in [0.3, 0.4) is 0 Å². The summed E-state index contributed by atoms with van der Waals surface area (Å²) < 4.78 is 0. The molecule has 1 aromatic heterocycles. The maximum absolute atomic E-state index is 6.30. The summed E-state index contributed by atoms with van der Waals surface area (Å²) in [6.07, 6.45) is 2.07. The van der Waals surface area contributed by atoms with Gasteiger partial charge in [-0.05, 0) is 31.4 Å². The monoisotopic (exact) mass is 215 g/mol. The Bertz CT molecular complexity index is 537. The van der Waals surface area contributed by atoms with E-state index in [2.05, 4.69) is 24.0 Å². The van der Waals surface area contributed by atoms with Crippen molar-refractivity contribution in [1.82, 2.24) is 4.98 Å². The van der Waals surface area contributed by atoms with Crippen molar-refractivity contribution >= 4 is 10.9 Å². The Morgan fingerprint density at radius 2 is 2.00 bits per heavy atom. The van der Waals surface area contributed by atoms with Crippen LogP contribution < -0.4 is 11.5 Å². The van der Waals surface area contributed by atoms with Gasteiger partial charge in [-0.3, -0.25) is 0 Å². The molecule has 0 bridgehead atoms. The van der Waals surface area contributed by atoms with Gasteiger partial charge in [-0.25, -0.2) is 0 Å². The van der Waals surface area contributed by atoms with Gasteiger partial charge in [-0.1, -0.05) is 18.2 Å². The summed E-state index contributed by atoms with van der Waals surface area (Å²) in [4.78, 5) is 3.37. The topological polar surface area (TPSA) is 67.8 Å². The van der Waals surface area contributed by atoms with Gasteiger partial charge < -0.3 is 16.5 Å². The molecule has 3 heteroatoms. The first-order valence-corrected chi connectivity index (χ1v) is 5.73. The Balaban J connectivity index is 2.18. The number of aryl methyl sites for hydroxylation is 1. The highest BCUT2D eigenvalue weighted by Gasteiger charge is 2.45. The quantitative estimate of drug-likeness (QED) is 0.717. The number of fused-ring (bicyclic) bond motifs is 1. The minimum Gasteiger partial charge on any atom is -0.358 e. The van der Waals surface area contributed by atoms with Crippen LogP contribution in [0.15, 0.2) is 24.3 Å². The summed E-state index contributed by atoms with van der Waals surface area (Å²) >= 11 is 0. The summed E-state index contributed by atoms with van der Waals surface area (Å²) in [6.45, 7) is 2.07. The lowest BCUT2D eigenvalue weighted by Gasteiger charge is -2.19. The van der Waals surface area contributed by atoms with E-state index in [1.165, 1.54) is 10.9 Å². The van der Waals surface area contributed by atoms with E-state index in [0.29, 0.717) is 0 Å². The van der Waals surface area contributed by atoms with Crippen molar-refractivity contribution in [2.24, 2.45) is 11.5 Å². The molecule has 1 aromatic carbocycles. The number of benzene rings is 1. The maximum atomic E-state index is 6.30. The standard InChI is InChI=1S/C13H17N3/c1-8-11(12(14)13(15)6-7-13)9-4-2-3-5-10(9)16-8/h2-5,12,16H,6-7,14-15H2,1H3. The lowest BCUT2D eigenvalue weighted by Crippen LogP contribution is -2.36. The van der Waals surface area contributed by atoms with Gasteiger partial charge in [0.1, 0.15) is 0 Å². The largest absolute Gasteiger partial charge is 0.358 e. The van der Waals surface area contributed by atoms with E-state index in [1.807, 2.05) is 12.1 Å². The maximum Gasteiger partial charge on any atom is 0.0501 e. The SMILES string of the molecule is Cc1[nH]c2ccccc2c1C(N)C1(N)CC1. The minimum atomic E-state index is -0.171. The molecular formula is C13H17N3. The third-order valence-corrected chi connectivity index (χ3v) is 3.70. The second-order valence-corrected chi connectivity index (χ2v) is 4.92. The van der Waals surface area contributed by atoms with Crippen LogP contribution in [0, 0.1) is 6.92 Å².